The molecule has 9 heteroatoms. The lowest BCUT2D eigenvalue weighted by atomic mass is 10.1. The van der Waals surface area contributed by atoms with E-state index in [1.54, 1.807) is 38.6 Å². The van der Waals surface area contributed by atoms with Crippen LogP contribution in [0, 0.1) is 18.8 Å². The summed E-state index contributed by atoms with van der Waals surface area (Å²) in [6.45, 7) is 11.2. The molecule has 0 bridgehead atoms. The number of terminal acetylenes is 1. The van der Waals surface area contributed by atoms with E-state index >= 15 is 0 Å². The third-order valence-corrected chi connectivity index (χ3v) is 4.71. The molecule has 0 atom stereocenters. The molecule has 0 saturated carbocycles. The summed E-state index contributed by atoms with van der Waals surface area (Å²) in [5.74, 6) is 2.61. The van der Waals surface area contributed by atoms with E-state index in [1.165, 1.54) is 4.90 Å². The summed E-state index contributed by atoms with van der Waals surface area (Å²) in [5.41, 5.74) is 1.73. The molecule has 0 saturated heterocycles. The van der Waals surface area contributed by atoms with Crippen LogP contribution in [0.5, 0.6) is 5.75 Å². The lowest BCUT2D eigenvalue weighted by Crippen LogP contribution is -2.21. The number of benzene rings is 1. The predicted molar refractivity (Wildman–Crippen MR) is 140 cm³/mol. The lowest BCUT2D eigenvalue weighted by Gasteiger charge is -2.14. The molecule has 0 aliphatic rings. The fraction of sp³-hybridized carbons (Fsp3) is 0.400. The molecule has 0 unspecified atom stereocenters. The van der Waals surface area contributed by atoms with Gasteiger partial charge in [0.15, 0.2) is 17.4 Å². The van der Waals surface area contributed by atoms with Gasteiger partial charge in [-0.2, -0.15) is 8.75 Å². The molecule has 1 aromatic carbocycles. The Morgan fingerprint density at radius 1 is 1.15 bits per heavy atom. The molecule has 3 rings (SSSR count). The van der Waals surface area contributed by atoms with E-state index < -0.39 is 0 Å². The number of hydrogen-bond donors (Lipinski definition) is 3. The van der Waals surface area contributed by atoms with Gasteiger partial charge in [-0.05, 0) is 35.6 Å². The SMILES string of the molecule is C#C.CC(C)C.CC(C)c1coc(CNc2nsnc2Nc2cccc(C(=O)N(C)C)c2O)c1. The molecule has 0 radical (unpaired) electrons. The second-order valence-electron chi connectivity index (χ2n) is 8.57. The summed E-state index contributed by atoms with van der Waals surface area (Å²) in [6, 6.07) is 6.95. The molecular formula is C25H35N5O3S. The van der Waals surface area contributed by atoms with Crippen molar-refractivity contribution in [1.82, 2.24) is 13.6 Å². The fourth-order valence-electron chi connectivity index (χ4n) is 2.54. The number of hydrogen-bond acceptors (Lipinski definition) is 8. The number of anilines is 3. The first-order chi connectivity index (χ1) is 16.1. The number of amides is 1. The van der Waals surface area contributed by atoms with Crippen molar-refractivity contribution in [1.29, 1.82) is 0 Å². The average Bonchev–Trinajstić information content (AvgIpc) is 3.44. The number of rotatable bonds is 7. The van der Waals surface area contributed by atoms with E-state index in [2.05, 4.69) is 66.8 Å². The number of carbonyl (C=O) groups excluding carboxylic acids is 1. The van der Waals surface area contributed by atoms with Crippen LogP contribution in [0.3, 0.4) is 0 Å². The zero-order chi connectivity index (χ0) is 25.8. The quantitative estimate of drug-likeness (QED) is 0.281. The minimum Gasteiger partial charge on any atom is -0.505 e. The zero-order valence-electron chi connectivity index (χ0n) is 20.9. The number of furan rings is 1. The Kier molecular flexibility index (Phi) is 11.7. The van der Waals surface area contributed by atoms with Gasteiger partial charge in [-0.15, -0.1) is 12.8 Å². The van der Waals surface area contributed by atoms with Crippen molar-refractivity contribution in [3.8, 4) is 18.6 Å². The topological polar surface area (TPSA) is 104 Å². The number of nitrogens with zero attached hydrogens (tertiary/aromatic N) is 3. The summed E-state index contributed by atoms with van der Waals surface area (Å²) in [5, 5.41) is 16.7. The van der Waals surface area contributed by atoms with Gasteiger partial charge in [-0.3, -0.25) is 4.79 Å². The molecule has 0 fully saturated rings. The Bertz CT molecular complexity index is 1050. The van der Waals surface area contributed by atoms with E-state index in [0.29, 0.717) is 29.8 Å². The minimum atomic E-state index is -0.283. The summed E-state index contributed by atoms with van der Waals surface area (Å²) in [7, 11) is 3.27. The molecular weight excluding hydrogens is 450 g/mol. The van der Waals surface area contributed by atoms with E-state index in [1.807, 2.05) is 6.07 Å². The molecule has 3 aromatic rings. The highest BCUT2D eigenvalue weighted by molar-refractivity contribution is 6.99. The van der Waals surface area contributed by atoms with Crippen molar-refractivity contribution in [3.05, 3.63) is 47.4 Å². The van der Waals surface area contributed by atoms with E-state index in [0.717, 1.165) is 29.0 Å². The van der Waals surface area contributed by atoms with Gasteiger partial charge in [0.25, 0.3) is 5.91 Å². The Balaban J connectivity index is 0.000000872. The number of para-hydroxylation sites is 1. The molecule has 8 nitrogen and oxygen atoms in total. The third kappa shape index (κ3) is 8.45. The normalized spacial score (nSPS) is 10.1. The van der Waals surface area contributed by atoms with Crippen LogP contribution >= 0.6 is 11.7 Å². The summed E-state index contributed by atoms with van der Waals surface area (Å²) in [4.78, 5) is 13.6. The average molecular weight is 486 g/mol. The number of aromatic hydroxyl groups is 1. The van der Waals surface area contributed by atoms with E-state index in [4.69, 9.17) is 4.42 Å². The molecule has 0 aliphatic carbocycles. The summed E-state index contributed by atoms with van der Waals surface area (Å²) >= 11 is 1.04. The van der Waals surface area contributed by atoms with Crippen molar-refractivity contribution in [3.63, 3.8) is 0 Å². The largest absolute Gasteiger partial charge is 0.505 e. The number of aromatic nitrogens is 2. The third-order valence-electron chi connectivity index (χ3n) is 4.18. The Morgan fingerprint density at radius 2 is 1.76 bits per heavy atom. The van der Waals surface area contributed by atoms with Crippen molar-refractivity contribution in [2.24, 2.45) is 5.92 Å². The summed E-state index contributed by atoms with van der Waals surface area (Å²) in [6.07, 6.45) is 9.76. The van der Waals surface area contributed by atoms with Gasteiger partial charge in [0.05, 0.1) is 35.8 Å². The van der Waals surface area contributed by atoms with Crippen molar-refractivity contribution >= 4 is 35.0 Å². The number of phenols is 1. The van der Waals surface area contributed by atoms with Crippen LogP contribution in [0.15, 0.2) is 34.9 Å². The van der Waals surface area contributed by atoms with Crippen LogP contribution < -0.4 is 10.6 Å². The molecule has 0 aliphatic heterocycles. The first-order valence-electron chi connectivity index (χ1n) is 10.9. The zero-order valence-corrected chi connectivity index (χ0v) is 21.7. The highest BCUT2D eigenvalue weighted by Crippen LogP contribution is 2.32. The van der Waals surface area contributed by atoms with Crippen molar-refractivity contribution in [2.45, 2.75) is 47.1 Å². The first-order valence-corrected chi connectivity index (χ1v) is 11.6. The van der Waals surface area contributed by atoms with Gasteiger partial charge >= 0.3 is 0 Å². The molecule has 34 heavy (non-hydrogen) atoms. The van der Waals surface area contributed by atoms with Gasteiger partial charge in [-0.25, -0.2) is 0 Å². The molecule has 3 N–H and O–H groups in total. The highest BCUT2D eigenvalue weighted by atomic mass is 32.1. The first kappa shape index (κ1) is 28.5. The second kappa shape index (κ2) is 13.9. The van der Waals surface area contributed by atoms with Crippen LogP contribution in [0.1, 0.15) is 62.2 Å². The Hall–Kier alpha value is -3.51. The Morgan fingerprint density at radius 3 is 2.32 bits per heavy atom. The van der Waals surface area contributed by atoms with E-state index in [-0.39, 0.29) is 17.2 Å². The number of carbonyl (C=O) groups is 1. The predicted octanol–water partition coefficient (Wildman–Crippen LogP) is 5.93. The van der Waals surface area contributed by atoms with Crippen LogP contribution in [0.25, 0.3) is 0 Å². The van der Waals surface area contributed by atoms with Gasteiger partial charge in [-0.1, -0.05) is 40.7 Å². The van der Waals surface area contributed by atoms with Crippen molar-refractivity contribution < 1.29 is 14.3 Å². The maximum Gasteiger partial charge on any atom is 0.257 e. The number of phenolic OH excluding ortho intramolecular Hbond substituents is 1. The van der Waals surface area contributed by atoms with Crippen LogP contribution in [0.4, 0.5) is 17.3 Å². The van der Waals surface area contributed by atoms with Gasteiger partial charge < -0.3 is 25.1 Å². The lowest BCUT2D eigenvalue weighted by molar-refractivity contribution is 0.0824. The Labute approximate surface area is 206 Å². The minimum absolute atomic E-state index is 0.132. The molecule has 2 heterocycles. The van der Waals surface area contributed by atoms with Gasteiger partial charge in [0, 0.05) is 14.1 Å². The molecule has 0 spiro atoms. The van der Waals surface area contributed by atoms with Crippen molar-refractivity contribution in [2.75, 3.05) is 24.7 Å². The van der Waals surface area contributed by atoms with Gasteiger partial charge in [0.2, 0.25) is 0 Å². The fourth-order valence-corrected chi connectivity index (χ4v) is 3.02. The maximum atomic E-state index is 12.2. The number of nitrogens with one attached hydrogen (secondary N) is 2. The monoisotopic (exact) mass is 485 g/mol. The molecule has 2 aromatic heterocycles. The van der Waals surface area contributed by atoms with Crippen LogP contribution in [0.2, 0.25) is 0 Å². The molecule has 184 valence electrons. The standard InChI is InChI=1S/C19H23N5O3S.C4H10.C2H2/c1-11(2)12-8-13(27-10-12)9-20-17-18(23-28-22-17)21-15-7-5-6-14(16(15)25)19(26)24(3)4;1-4(2)3;1-2/h5-8,10-11,25H,9H2,1-4H3,(H,20,22)(H,21,23);4H,1-3H3;1-2H. The highest BCUT2D eigenvalue weighted by Gasteiger charge is 2.18. The van der Waals surface area contributed by atoms with Crippen LogP contribution in [-0.4, -0.2) is 38.8 Å². The van der Waals surface area contributed by atoms with Gasteiger partial charge in [0.1, 0.15) is 5.76 Å². The summed E-state index contributed by atoms with van der Waals surface area (Å²) < 4.78 is 14.0. The smallest absolute Gasteiger partial charge is 0.257 e. The van der Waals surface area contributed by atoms with E-state index in [9.17, 15) is 9.90 Å². The molecule has 1 amide bonds. The van der Waals surface area contributed by atoms with Crippen LogP contribution in [-0.2, 0) is 6.54 Å². The second-order valence-corrected chi connectivity index (χ2v) is 9.10. The maximum absolute atomic E-state index is 12.2.